The van der Waals surface area contributed by atoms with Gasteiger partial charge in [-0.2, -0.15) is 0 Å². The molecule has 5 nitrogen and oxygen atoms in total. The molecule has 0 aliphatic carbocycles. The molecule has 5 heteroatoms. The largest absolute Gasteiger partial charge is 0.347 e. The average molecular weight is 296 g/mol. The highest BCUT2D eigenvalue weighted by molar-refractivity contribution is 5.92. The molecular weight excluding hydrogens is 276 g/mol. The summed E-state index contributed by atoms with van der Waals surface area (Å²) in [5.74, 6) is 0.169. The molecule has 114 valence electrons. The number of rotatable bonds is 5. The summed E-state index contributed by atoms with van der Waals surface area (Å²) in [6, 6.07) is 7.77. The van der Waals surface area contributed by atoms with Gasteiger partial charge in [0.15, 0.2) is 0 Å². The number of carbonyl (C=O) groups excluding carboxylic acids is 1. The Morgan fingerprint density at radius 2 is 1.82 bits per heavy atom. The lowest BCUT2D eigenvalue weighted by Crippen LogP contribution is -2.24. The second-order valence-corrected chi connectivity index (χ2v) is 5.22. The van der Waals surface area contributed by atoms with Gasteiger partial charge in [-0.3, -0.25) is 4.79 Å². The van der Waals surface area contributed by atoms with Crippen molar-refractivity contribution in [2.24, 2.45) is 0 Å². The fourth-order valence-electron chi connectivity index (χ4n) is 2.17. The van der Waals surface area contributed by atoms with Gasteiger partial charge in [0.1, 0.15) is 5.69 Å². The molecule has 0 saturated heterocycles. The van der Waals surface area contributed by atoms with Crippen molar-refractivity contribution in [1.29, 1.82) is 0 Å². The molecule has 0 aliphatic heterocycles. The SMILES string of the molecule is C=CCNC(=O)c1cc(C)nc(Nc2cc(C)cc(C)c2)n1. The summed E-state index contributed by atoms with van der Waals surface area (Å²) in [6.45, 7) is 9.87. The van der Waals surface area contributed by atoms with Gasteiger partial charge in [0.05, 0.1) is 0 Å². The molecule has 0 saturated carbocycles. The van der Waals surface area contributed by atoms with Gasteiger partial charge in [-0.05, 0) is 50.1 Å². The smallest absolute Gasteiger partial charge is 0.270 e. The van der Waals surface area contributed by atoms with Gasteiger partial charge >= 0.3 is 0 Å². The van der Waals surface area contributed by atoms with E-state index in [0.29, 0.717) is 18.2 Å². The highest BCUT2D eigenvalue weighted by Gasteiger charge is 2.10. The van der Waals surface area contributed by atoms with E-state index in [9.17, 15) is 4.79 Å². The molecule has 1 aromatic heterocycles. The lowest BCUT2D eigenvalue weighted by molar-refractivity contribution is 0.0953. The molecule has 0 spiro atoms. The van der Waals surface area contributed by atoms with Gasteiger partial charge in [-0.25, -0.2) is 9.97 Å². The normalized spacial score (nSPS) is 10.1. The first-order valence-electron chi connectivity index (χ1n) is 7.08. The maximum atomic E-state index is 12.0. The van der Waals surface area contributed by atoms with Gasteiger partial charge in [-0.1, -0.05) is 12.1 Å². The number of hydrogen-bond donors (Lipinski definition) is 2. The molecular formula is C17H20N4O. The van der Waals surface area contributed by atoms with Crippen LogP contribution in [0, 0.1) is 20.8 Å². The van der Waals surface area contributed by atoms with Gasteiger partial charge in [0, 0.05) is 17.9 Å². The molecule has 0 aliphatic rings. The monoisotopic (exact) mass is 296 g/mol. The van der Waals surface area contributed by atoms with E-state index in [1.54, 1.807) is 12.1 Å². The molecule has 2 N–H and O–H groups in total. The van der Waals surface area contributed by atoms with Crippen LogP contribution in [0.25, 0.3) is 0 Å². The summed E-state index contributed by atoms with van der Waals surface area (Å²) in [7, 11) is 0. The quantitative estimate of drug-likeness (QED) is 0.832. The minimum Gasteiger partial charge on any atom is -0.347 e. The number of nitrogens with zero attached hydrogens (tertiary/aromatic N) is 2. The third-order valence-electron chi connectivity index (χ3n) is 2.97. The second-order valence-electron chi connectivity index (χ2n) is 5.22. The Morgan fingerprint density at radius 3 is 2.45 bits per heavy atom. The van der Waals surface area contributed by atoms with Crippen LogP contribution >= 0.6 is 0 Å². The Bertz CT molecular complexity index is 690. The van der Waals surface area contributed by atoms with Crippen molar-refractivity contribution in [3.8, 4) is 0 Å². The van der Waals surface area contributed by atoms with Crippen LogP contribution in [0.4, 0.5) is 11.6 Å². The standard InChI is InChI=1S/C17H20N4O/c1-5-6-18-16(22)15-10-13(4)19-17(21-15)20-14-8-11(2)7-12(3)9-14/h5,7-10H,1,6H2,2-4H3,(H,18,22)(H,19,20,21). The van der Waals surface area contributed by atoms with E-state index in [1.807, 2.05) is 32.9 Å². The van der Waals surface area contributed by atoms with Crippen LogP contribution < -0.4 is 10.6 Å². The lowest BCUT2D eigenvalue weighted by Gasteiger charge is -2.09. The topological polar surface area (TPSA) is 66.9 Å². The highest BCUT2D eigenvalue weighted by atomic mass is 16.1. The number of amides is 1. The maximum Gasteiger partial charge on any atom is 0.270 e. The molecule has 22 heavy (non-hydrogen) atoms. The Labute approximate surface area is 130 Å². The van der Waals surface area contributed by atoms with E-state index in [1.165, 1.54) is 0 Å². The van der Waals surface area contributed by atoms with E-state index in [4.69, 9.17) is 0 Å². The molecule has 2 rings (SSSR count). The van der Waals surface area contributed by atoms with E-state index in [-0.39, 0.29) is 5.91 Å². The number of aryl methyl sites for hydroxylation is 3. The van der Waals surface area contributed by atoms with Gasteiger partial charge in [0.25, 0.3) is 5.91 Å². The number of anilines is 2. The molecule has 0 radical (unpaired) electrons. The zero-order chi connectivity index (χ0) is 16.1. The van der Waals surface area contributed by atoms with Crippen LogP contribution in [-0.4, -0.2) is 22.4 Å². The van der Waals surface area contributed by atoms with Crippen molar-refractivity contribution in [2.75, 3.05) is 11.9 Å². The van der Waals surface area contributed by atoms with Crippen LogP contribution in [-0.2, 0) is 0 Å². The average Bonchev–Trinajstić information content (AvgIpc) is 2.42. The Kier molecular flexibility index (Phi) is 4.88. The minimum absolute atomic E-state index is 0.242. The van der Waals surface area contributed by atoms with Crippen molar-refractivity contribution in [2.45, 2.75) is 20.8 Å². The van der Waals surface area contributed by atoms with E-state index in [0.717, 1.165) is 22.5 Å². The number of aromatic nitrogens is 2. The van der Waals surface area contributed by atoms with Crippen molar-refractivity contribution >= 4 is 17.5 Å². The van der Waals surface area contributed by atoms with Crippen molar-refractivity contribution < 1.29 is 4.79 Å². The summed E-state index contributed by atoms with van der Waals surface area (Å²) >= 11 is 0. The Morgan fingerprint density at radius 1 is 1.14 bits per heavy atom. The minimum atomic E-state index is -0.242. The Hall–Kier alpha value is -2.69. The summed E-state index contributed by atoms with van der Waals surface area (Å²) in [5, 5.41) is 5.87. The van der Waals surface area contributed by atoms with Crippen LogP contribution in [0.3, 0.4) is 0 Å². The van der Waals surface area contributed by atoms with Gasteiger partial charge in [-0.15, -0.1) is 6.58 Å². The molecule has 1 aromatic carbocycles. The third kappa shape index (κ3) is 4.15. The highest BCUT2D eigenvalue weighted by Crippen LogP contribution is 2.17. The molecule has 1 heterocycles. The molecule has 0 bridgehead atoms. The van der Waals surface area contributed by atoms with Crippen LogP contribution in [0.5, 0.6) is 0 Å². The molecule has 0 atom stereocenters. The molecule has 0 fully saturated rings. The maximum absolute atomic E-state index is 12.0. The summed E-state index contributed by atoms with van der Waals surface area (Å²) in [4.78, 5) is 20.6. The van der Waals surface area contributed by atoms with Crippen molar-refractivity contribution in [3.05, 3.63) is 59.4 Å². The zero-order valence-corrected chi connectivity index (χ0v) is 13.1. The zero-order valence-electron chi connectivity index (χ0n) is 13.1. The van der Waals surface area contributed by atoms with Crippen LogP contribution in [0.1, 0.15) is 27.3 Å². The summed E-state index contributed by atoms with van der Waals surface area (Å²) < 4.78 is 0. The predicted molar refractivity (Wildman–Crippen MR) is 88.5 cm³/mol. The number of nitrogens with one attached hydrogen (secondary N) is 2. The Balaban J connectivity index is 2.25. The number of benzene rings is 1. The molecule has 0 unspecified atom stereocenters. The van der Waals surface area contributed by atoms with Gasteiger partial charge < -0.3 is 10.6 Å². The number of carbonyl (C=O) groups is 1. The van der Waals surface area contributed by atoms with E-state index < -0.39 is 0 Å². The van der Waals surface area contributed by atoms with E-state index >= 15 is 0 Å². The summed E-state index contributed by atoms with van der Waals surface area (Å²) in [5.41, 5.74) is 4.27. The lowest BCUT2D eigenvalue weighted by atomic mass is 10.1. The number of hydrogen-bond acceptors (Lipinski definition) is 4. The van der Waals surface area contributed by atoms with E-state index in [2.05, 4.69) is 33.2 Å². The van der Waals surface area contributed by atoms with Crippen molar-refractivity contribution in [3.63, 3.8) is 0 Å². The van der Waals surface area contributed by atoms with Crippen molar-refractivity contribution in [1.82, 2.24) is 15.3 Å². The molecule has 1 amide bonds. The first-order valence-corrected chi connectivity index (χ1v) is 7.08. The summed E-state index contributed by atoms with van der Waals surface area (Å²) in [6.07, 6.45) is 1.63. The van der Waals surface area contributed by atoms with Gasteiger partial charge in [0.2, 0.25) is 5.95 Å². The first kappa shape index (κ1) is 15.7. The first-order chi connectivity index (χ1) is 10.5. The predicted octanol–water partition coefficient (Wildman–Crippen LogP) is 3.06. The fourth-order valence-corrected chi connectivity index (χ4v) is 2.17. The van der Waals surface area contributed by atoms with Crippen LogP contribution in [0.15, 0.2) is 36.9 Å². The fraction of sp³-hybridized carbons (Fsp3) is 0.235. The molecule has 2 aromatic rings. The third-order valence-corrected chi connectivity index (χ3v) is 2.97. The second kappa shape index (κ2) is 6.85. The van der Waals surface area contributed by atoms with Crippen LogP contribution in [0.2, 0.25) is 0 Å².